The average molecular weight is 284 g/mol. The first-order valence-corrected chi connectivity index (χ1v) is 7.13. The Morgan fingerprint density at radius 2 is 1.82 bits per heavy atom. The Bertz CT molecular complexity index is 864. The van der Waals surface area contributed by atoms with Gasteiger partial charge in [0.25, 0.3) is 0 Å². The van der Waals surface area contributed by atoms with Gasteiger partial charge in [0.15, 0.2) is 0 Å². The summed E-state index contributed by atoms with van der Waals surface area (Å²) in [5.41, 5.74) is 5.83. The number of hydrogen-bond acceptors (Lipinski definition) is 1. The summed E-state index contributed by atoms with van der Waals surface area (Å²) in [6, 6.07) is 20.4. The molecule has 1 aromatic heterocycles. The summed E-state index contributed by atoms with van der Waals surface area (Å²) in [4.78, 5) is 0. The van der Waals surface area contributed by atoms with Gasteiger partial charge in [0.05, 0.1) is 5.56 Å². The molecule has 0 atom stereocenters. The number of aromatic nitrogens is 1. The summed E-state index contributed by atoms with van der Waals surface area (Å²) in [5, 5.41) is 9.41. The highest BCUT2D eigenvalue weighted by molar-refractivity contribution is 5.71. The van der Waals surface area contributed by atoms with Crippen molar-refractivity contribution in [2.45, 2.75) is 6.92 Å². The van der Waals surface area contributed by atoms with Gasteiger partial charge in [0.1, 0.15) is 6.07 Å². The zero-order valence-electron chi connectivity index (χ0n) is 12.5. The van der Waals surface area contributed by atoms with Crippen LogP contribution in [0.3, 0.4) is 0 Å². The quantitative estimate of drug-likeness (QED) is 0.661. The molecular weight excluding hydrogens is 268 g/mol. The minimum Gasteiger partial charge on any atom is -0.322 e. The maximum atomic E-state index is 9.41. The van der Waals surface area contributed by atoms with Gasteiger partial charge in [-0.2, -0.15) is 5.26 Å². The molecule has 22 heavy (non-hydrogen) atoms. The molecule has 2 heteroatoms. The summed E-state index contributed by atoms with van der Waals surface area (Å²) in [7, 11) is 0. The van der Waals surface area contributed by atoms with Crippen molar-refractivity contribution >= 4 is 5.57 Å². The monoisotopic (exact) mass is 284 g/mol. The van der Waals surface area contributed by atoms with Gasteiger partial charge in [-0.3, -0.25) is 0 Å². The van der Waals surface area contributed by atoms with E-state index in [1.54, 1.807) is 0 Å². The van der Waals surface area contributed by atoms with Crippen LogP contribution in [0.5, 0.6) is 0 Å². The molecule has 0 saturated heterocycles. The number of benzene rings is 2. The van der Waals surface area contributed by atoms with Crippen molar-refractivity contribution < 1.29 is 0 Å². The molecule has 0 aliphatic rings. The largest absolute Gasteiger partial charge is 0.322 e. The molecule has 3 rings (SSSR count). The van der Waals surface area contributed by atoms with E-state index in [1.807, 2.05) is 72.4 Å². The number of hydrogen-bond donors (Lipinski definition) is 0. The maximum Gasteiger partial charge on any atom is 0.101 e. The van der Waals surface area contributed by atoms with Crippen molar-refractivity contribution in [1.29, 1.82) is 5.26 Å². The van der Waals surface area contributed by atoms with E-state index < -0.39 is 0 Å². The van der Waals surface area contributed by atoms with E-state index in [0.717, 1.165) is 28.0 Å². The Hall–Kier alpha value is -3.05. The minimum absolute atomic E-state index is 0.673. The van der Waals surface area contributed by atoms with Gasteiger partial charge < -0.3 is 4.57 Å². The van der Waals surface area contributed by atoms with Gasteiger partial charge in [-0.25, -0.2) is 0 Å². The molecule has 0 fully saturated rings. The highest BCUT2D eigenvalue weighted by Gasteiger charge is 2.09. The van der Waals surface area contributed by atoms with E-state index in [2.05, 4.69) is 18.7 Å². The lowest BCUT2D eigenvalue weighted by atomic mass is 10.1. The molecule has 0 spiro atoms. The molecule has 106 valence electrons. The Morgan fingerprint density at radius 1 is 1.05 bits per heavy atom. The second-order valence-electron chi connectivity index (χ2n) is 5.30. The van der Waals surface area contributed by atoms with Crippen LogP contribution in [0.1, 0.15) is 18.1 Å². The molecular formula is C20H16N2. The Morgan fingerprint density at radius 3 is 2.50 bits per heavy atom. The van der Waals surface area contributed by atoms with E-state index in [4.69, 9.17) is 0 Å². The lowest BCUT2D eigenvalue weighted by Gasteiger charge is -2.06. The van der Waals surface area contributed by atoms with Crippen molar-refractivity contribution in [3.63, 3.8) is 0 Å². The zero-order chi connectivity index (χ0) is 15.5. The molecule has 0 N–H and O–H groups in total. The fourth-order valence-corrected chi connectivity index (χ4v) is 2.47. The number of nitriles is 1. The number of rotatable bonds is 3. The first-order chi connectivity index (χ1) is 10.7. The molecule has 0 saturated carbocycles. The molecule has 0 unspecified atom stereocenters. The van der Waals surface area contributed by atoms with Crippen LogP contribution < -0.4 is 0 Å². The van der Waals surface area contributed by atoms with Crippen molar-refractivity contribution in [3.8, 4) is 22.9 Å². The summed E-state index contributed by atoms with van der Waals surface area (Å²) < 4.78 is 1.99. The summed E-state index contributed by atoms with van der Waals surface area (Å²) in [5.74, 6) is 0. The van der Waals surface area contributed by atoms with Crippen LogP contribution in [0.25, 0.3) is 22.4 Å². The van der Waals surface area contributed by atoms with Gasteiger partial charge in [-0.15, -0.1) is 0 Å². The SMILES string of the molecule is C=C(C)c1cccc(-n2cc(C#N)c(-c3ccccc3)c2)c1. The summed E-state index contributed by atoms with van der Waals surface area (Å²) >= 11 is 0. The van der Waals surface area contributed by atoms with Crippen molar-refractivity contribution in [2.24, 2.45) is 0 Å². The van der Waals surface area contributed by atoms with E-state index >= 15 is 0 Å². The topological polar surface area (TPSA) is 28.7 Å². The van der Waals surface area contributed by atoms with Crippen LogP contribution in [0.2, 0.25) is 0 Å². The van der Waals surface area contributed by atoms with Gasteiger partial charge >= 0.3 is 0 Å². The third kappa shape index (κ3) is 2.57. The molecule has 0 bridgehead atoms. The van der Waals surface area contributed by atoms with Crippen LogP contribution in [-0.4, -0.2) is 4.57 Å². The zero-order valence-corrected chi connectivity index (χ0v) is 12.5. The predicted molar refractivity (Wildman–Crippen MR) is 90.6 cm³/mol. The summed E-state index contributed by atoms with van der Waals surface area (Å²) in [6.07, 6.45) is 3.88. The molecule has 0 aliphatic carbocycles. The van der Waals surface area contributed by atoms with E-state index in [-0.39, 0.29) is 0 Å². The normalized spacial score (nSPS) is 10.2. The van der Waals surface area contributed by atoms with Gasteiger partial charge in [0, 0.05) is 23.6 Å². The highest BCUT2D eigenvalue weighted by atomic mass is 14.9. The molecule has 1 heterocycles. The third-order valence-electron chi connectivity index (χ3n) is 3.67. The van der Waals surface area contributed by atoms with Crippen LogP contribution in [0, 0.1) is 11.3 Å². The Balaban J connectivity index is 2.11. The van der Waals surface area contributed by atoms with Gasteiger partial charge in [-0.1, -0.05) is 54.6 Å². The fraction of sp³-hybridized carbons (Fsp3) is 0.0500. The van der Waals surface area contributed by atoms with E-state index in [1.165, 1.54) is 0 Å². The van der Waals surface area contributed by atoms with Gasteiger partial charge in [-0.05, 0) is 30.2 Å². The average Bonchev–Trinajstić information content (AvgIpc) is 3.00. The molecule has 2 aromatic carbocycles. The molecule has 3 aromatic rings. The Kier molecular flexibility index (Phi) is 3.64. The van der Waals surface area contributed by atoms with Gasteiger partial charge in [0.2, 0.25) is 0 Å². The van der Waals surface area contributed by atoms with Crippen molar-refractivity contribution in [2.75, 3.05) is 0 Å². The van der Waals surface area contributed by atoms with E-state index in [9.17, 15) is 5.26 Å². The predicted octanol–water partition coefficient (Wildman–Crippen LogP) is 5.05. The smallest absolute Gasteiger partial charge is 0.101 e. The third-order valence-corrected chi connectivity index (χ3v) is 3.67. The Labute approximate surface area is 130 Å². The standard InChI is InChI=1S/C20H16N2/c1-15(2)17-9-6-10-19(11-17)22-13-18(12-21)20(14-22)16-7-4-3-5-8-16/h3-11,13-14H,1H2,2H3. The van der Waals surface area contributed by atoms with Crippen molar-refractivity contribution in [3.05, 3.63) is 84.7 Å². The summed E-state index contributed by atoms with van der Waals surface area (Å²) in [6.45, 7) is 5.98. The van der Waals surface area contributed by atoms with Crippen LogP contribution in [0.4, 0.5) is 0 Å². The lowest BCUT2D eigenvalue weighted by molar-refractivity contribution is 1.08. The second-order valence-corrected chi connectivity index (χ2v) is 5.30. The van der Waals surface area contributed by atoms with Crippen LogP contribution in [-0.2, 0) is 0 Å². The highest BCUT2D eigenvalue weighted by Crippen LogP contribution is 2.26. The van der Waals surface area contributed by atoms with E-state index in [0.29, 0.717) is 5.56 Å². The van der Waals surface area contributed by atoms with Crippen LogP contribution >= 0.6 is 0 Å². The first-order valence-electron chi connectivity index (χ1n) is 7.13. The molecule has 0 radical (unpaired) electrons. The molecule has 2 nitrogen and oxygen atoms in total. The molecule has 0 amide bonds. The lowest BCUT2D eigenvalue weighted by Crippen LogP contribution is -1.90. The number of allylic oxidation sites excluding steroid dienone is 1. The van der Waals surface area contributed by atoms with Crippen LogP contribution in [0.15, 0.2) is 73.6 Å². The van der Waals surface area contributed by atoms with Crippen molar-refractivity contribution in [1.82, 2.24) is 4.57 Å². The maximum absolute atomic E-state index is 9.41. The minimum atomic E-state index is 0.673. The number of nitrogens with zero attached hydrogens (tertiary/aromatic N) is 2. The second kappa shape index (κ2) is 5.75. The molecule has 0 aliphatic heterocycles. The fourth-order valence-electron chi connectivity index (χ4n) is 2.47. The first kappa shape index (κ1) is 13.9.